The van der Waals surface area contributed by atoms with Gasteiger partial charge < -0.3 is 20.7 Å². The number of carbonyl (C=O) groups excluding carboxylic acids is 1. The molecule has 6 nitrogen and oxygen atoms in total. The summed E-state index contributed by atoms with van der Waals surface area (Å²) >= 11 is 0. The summed E-state index contributed by atoms with van der Waals surface area (Å²) in [5.74, 6) is -1.86. The summed E-state index contributed by atoms with van der Waals surface area (Å²) in [5.41, 5.74) is 5.17. The van der Waals surface area contributed by atoms with E-state index in [0.717, 1.165) is 0 Å². The van der Waals surface area contributed by atoms with Gasteiger partial charge in [0, 0.05) is 0 Å². The van der Waals surface area contributed by atoms with Gasteiger partial charge in [0.25, 0.3) is 0 Å². The summed E-state index contributed by atoms with van der Waals surface area (Å²) < 4.78 is 4.58. The second kappa shape index (κ2) is 5.50. The number of aliphatic hydroxyl groups excluding tert-OH is 1. The SMILES string of the molecule is C[C@H](N)C(=O)OC(CO)CC(=O)O. The van der Waals surface area contributed by atoms with Gasteiger partial charge in [0.05, 0.1) is 13.0 Å². The number of rotatable bonds is 5. The molecule has 6 heteroatoms. The van der Waals surface area contributed by atoms with Gasteiger partial charge in [0.15, 0.2) is 0 Å². The lowest BCUT2D eigenvalue weighted by molar-refractivity contribution is -0.156. The molecule has 0 aromatic carbocycles. The Kier molecular flexibility index (Phi) is 5.01. The molecule has 0 aromatic rings. The Hall–Kier alpha value is -1.14. The summed E-state index contributed by atoms with van der Waals surface area (Å²) in [6.07, 6.45) is -1.44. The molecular weight excluding hydrogens is 178 g/mol. The molecule has 0 aliphatic carbocycles. The van der Waals surface area contributed by atoms with Crippen molar-refractivity contribution in [2.45, 2.75) is 25.5 Å². The van der Waals surface area contributed by atoms with Gasteiger partial charge in [-0.1, -0.05) is 0 Å². The molecule has 0 fully saturated rings. The lowest BCUT2D eigenvalue weighted by Crippen LogP contribution is -2.34. The molecule has 0 amide bonds. The summed E-state index contributed by atoms with van der Waals surface area (Å²) in [5, 5.41) is 17.0. The van der Waals surface area contributed by atoms with Crippen molar-refractivity contribution < 1.29 is 24.5 Å². The highest BCUT2D eigenvalue weighted by molar-refractivity contribution is 5.75. The van der Waals surface area contributed by atoms with Crippen LogP contribution in [0.2, 0.25) is 0 Å². The molecule has 0 radical (unpaired) electrons. The van der Waals surface area contributed by atoms with E-state index in [4.69, 9.17) is 15.9 Å². The highest BCUT2D eigenvalue weighted by Gasteiger charge is 2.18. The maximum absolute atomic E-state index is 10.8. The minimum absolute atomic E-state index is 0.422. The predicted octanol–water partition coefficient (Wildman–Crippen LogP) is -1.29. The van der Waals surface area contributed by atoms with Crippen LogP contribution in [0, 0.1) is 0 Å². The van der Waals surface area contributed by atoms with Gasteiger partial charge in [0.2, 0.25) is 0 Å². The number of hydrogen-bond acceptors (Lipinski definition) is 5. The van der Waals surface area contributed by atoms with Crippen LogP contribution in [0.1, 0.15) is 13.3 Å². The van der Waals surface area contributed by atoms with Gasteiger partial charge in [-0.25, -0.2) is 0 Å². The number of ether oxygens (including phenoxy) is 1. The Balaban J connectivity index is 3.97. The standard InChI is InChI=1S/C7H13NO5/c1-4(8)7(12)13-5(3-9)2-6(10)11/h4-5,9H,2-3,8H2,1H3,(H,10,11)/t4-,5?/m0/s1. The summed E-state index contributed by atoms with van der Waals surface area (Å²) in [6.45, 7) is 0.891. The molecule has 1 unspecified atom stereocenters. The molecule has 0 saturated heterocycles. The normalized spacial score (nSPS) is 14.7. The molecule has 0 spiro atoms. The second-order valence-corrected chi connectivity index (χ2v) is 2.63. The number of esters is 1. The van der Waals surface area contributed by atoms with Gasteiger partial charge in [-0.15, -0.1) is 0 Å². The number of carboxylic acid groups (broad SMARTS) is 1. The van der Waals surface area contributed by atoms with Gasteiger partial charge in [-0.05, 0) is 6.92 Å². The third-order valence-electron chi connectivity index (χ3n) is 1.26. The average Bonchev–Trinajstić information content (AvgIpc) is 2.02. The van der Waals surface area contributed by atoms with Crippen LogP contribution in [-0.2, 0) is 14.3 Å². The molecule has 0 aliphatic rings. The molecule has 0 rings (SSSR count). The van der Waals surface area contributed by atoms with E-state index in [1.54, 1.807) is 0 Å². The first kappa shape index (κ1) is 11.9. The van der Waals surface area contributed by atoms with Crippen LogP contribution in [0.3, 0.4) is 0 Å². The van der Waals surface area contributed by atoms with Crippen LogP contribution in [0.25, 0.3) is 0 Å². The monoisotopic (exact) mass is 191 g/mol. The van der Waals surface area contributed by atoms with E-state index in [1.165, 1.54) is 6.92 Å². The summed E-state index contributed by atoms with van der Waals surface area (Å²) in [7, 11) is 0. The zero-order chi connectivity index (χ0) is 10.4. The first-order valence-corrected chi connectivity index (χ1v) is 3.76. The van der Waals surface area contributed by atoms with Crippen molar-refractivity contribution in [3.05, 3.63) is 0 Å². The van der Waals surface area contributed by atoms with Crippen molar-refractivity contribution in [3.8, 4) is 0 Å². The maximum atomic E-state index is 10.8. The molecule has 0 aliphatic heterocycles. The van der Waals surface area contributed by atoms with Crippen LogP contribution in [0.15, 0.2) is 0 Å². The fourth-order valence-corrected chi connectivity index (χ4v) is 0.610. The van der Waals surface area contributed by atoms with E-state index in [1.807, 2.05) is 0 Å². The molecule has 0 aromatic heterocycles. The summed E-state index contributed by atoms with van der Waals surface area (Å²) in [4.78, 5) is 21.0. The maximum Gasteiger partial charge on any atom is 0.322 e. The molecule has 0 bridgehead atoms. The largest absolute Gasteiger partial charge is 0.481 e. The van der Waals surface area contributed by atoms with Crippen LogP contribution >= 0.6 is 0 Å². The van der Waals surface area contributed by atoms with Crippen molar-refractivity contribution in [2.75, 3.05) is 6.61 Å². The van der Waals surface area contributed by atoms with E-state index < -0.39 is 37.1 Å². The lowest BCUT2D eigenvalue weighted by Gasteiger charge is -2.14. The zero-order valence-corrected chi connectivity index (χ0v) is 7.27. The van der Waals surface area contributed by atoms with E-state index >= 15 is 0 Å². The Bertz CT molecular complexity index is 191. The first-order valence-electron chi connectivity index (χ1n) is 3.76. The van der Waals surface area contributed by atoms with Crippen LogP contribution in [0.5, 0.6) is 0 Å². The predicted molar refractivity (Wildman–Crippen MR) is 42.9 cm³/mol. The second-order valence-electron chi connectivity index (χ2n) is 2.63. The molecule has 13 heavy (non-hydrogen) atoms. The van der Waals surface area contributed by atoms with Crippen molar-refractivity contribution in [2.24, 2.45) is 5.73 Å². The molecule has 0 saturated carbocycles. The van der Waals surface area contributed by atoms with E-state index in [-0.39, 0.29) is 0 Å². The highest BCUT2D eigenvalue weighted by atomic mass is 16.6. The number of carboxylic acids is 1. The average molecular weight is 191 g/mol. The van der Waals surface area contributed by atoms with Gasteiger partial charge in [-0.2, -0.15) is 0 Å². The van der Waals surface area contributed by atoms with E-state index in [2.05, 4.69) is 4.74 Å². The lowest BCUT2D eigenvalue weighted by atomic mass is 10.2. The topological polar surface area (TPSA) is 110 Å². The van der Waals surface area contributed by atoms with E-state index in [9.17, 15) is 9.59 Å². The Morgan fingerprint density at radius 2 is 2.08 bits per heavy atom. The van der Waals surface area contributed by atoms with Gasteiger partial charge >= 0.3 is 11.9 Å². The highest BCUT2D eigenvalue weighted by Crippen LogP contribution is 1.99. The Morgan fingerprint density at radius 3 is 2.38 bits per heavy atom. The van der Waals surface area contributed by atoms with Crippen molar-refractivity contribution in [1.29, 1.82) is 0 Å². The zero-order valence-electron chi connectivity index (χ0n) is 7.27. The number of aliphatic hydroxyl groups is 1. The first-order chi connectivity index (χ1) is 5.97. The molecule has 76 valence electrons. The number of nitrogens with two attached hydrogens (primary N) is 1. The van der Waals surface area contributed by atoms with E-state index in [0.29, 0.717) is 0 Å². The molecule has 4 N–H and O–H groups in total. The van der Waals surface area contributed by atoms with Crippen LogP contribution in [0.4, 0.5) is 0 Å². The third kappa shape index (κ3) is 5.15. The minimum atomic E-state index is -1.14. The van der Waals surface area contributed by atoms with Gasteiger partial charge in [-0.3, -0.25) is 9.59 Å². The Morgan fingerprint density at radius 1 is 1.54 bits per heavy atom. The minimum Gasteiger partial charge on any atom is -0.481 e. The molecule has 0 heterocycles. The van der Waals surface area contributed by atoms with Crippen LogP contribution in [-0.4, -0.2) is 40.9 Å². The van der Waals surface area contributed by atoms with Gasteiger partial charge in [0.1, 0.15) is 12.1 Å². The number of carbonyl (C=O) groups is 2. The fourth-order valence-electron chi connectivity index (χ4n) is 0.610. The van der Waals surface area contributed by atoms with Crippen molar-refractivity contribution >= 4 is 11.9 Å². The van der Waals surface area contributed by atoms with Crippen molar-refractivity contribution in [3.63, 3.8) is 0 Å². The molecular formula is C7H13NO5. The number of aliphatic carboxylic acids is 1. The number of hydrogen-bond donors (Lipinski definition) is 3. The quantitative estimate of drug-likeness (QED) is 0.466. The van der Waals surface area contributed by atoms with Crippen LogP contribution < -0.4 is 5.73 Å². The molecule has 2 atom stereocenters. The smallest absolute Gasteiger partial charge is 0.322 e. The Labute approximate surface area is 75.3 Å². The summed E-state index contributed by atoms with van der Waals surface area (Å²) in [6, 6.07) is -0.817. The third-order valence-corrected chi connectivity index (χ3v) is 1.26. The van der Waals surface area contributed by atoms with Crippen molar-refractivity contribution in [1.82, 2.24) is 0 Å². The fraction of sp³-hybridized carbons (Fsp3) is 0.714.